The van der Waals surface area contributed by atoms with Crippen LogP contribution in [0.25, 0.3) is 0 Å². The Balaban J connectivity index is 2.04. The number of nitrogens with two attached hydrogens (primary N) is 1. The molecule has 2 bridgehead atoms. The number of carbonyl (C=O) groups is 1. The van der Waals surface area contributed by atoms with Gasteiger partial charge in [-0.2, -0.15) is 0 Å². The first-order chi connectivity index (χ1) is 6.43. The van der Waals surface area contributed by atoms with E-state index in [2.05, 4.69) is 20.8 Å². The standard InChI is InChI=1S/C11H19NO2/c1-6-8-4-7(11(8,2)3)5-9(6)14-10(12)13/h6-9H,4-5H2,1-3H3,(H2,12,13). The third-order valence-corrected chi connectivity index (χ3v) is 4.55. The van der Waals surface area contributed by atoms with E-state index in [0.29, 0.717) is 23.2 Å². The van der Waals surface area contributed by atoms with Crippen molar-refractivity contribution in [3.63, 3.8) is 0 Å². The van der Waals surface area contributed by atoms with Crippen molar-refractivity contribution in [2.75, 3.05) is 0 Å². The zero-order valence-electron chi connectivity index (χ0n) is 9.12. The molecular weight excluding hydrogens is 178 g/mol. The molecule has 0 aliphatic heterocycles. The summed E-state index contributed by atoms with van der Waals surface area (Å²) in [7, 11) is 0. The van der Waals surface area contributed by atoms with Crippen molar-refractivity contribution in [1.29, 1.82) is 0 Å². The van der Waals surface area contributed by atoms with E-state index in [1.54, 1.807) is 0 Å². The Morgan fingerprint density at radius 3 is 2.50 bits per heavy atom. The summed E-state index contributed by atoms with van der Waals surface area (Å²) in [5.74, 6) is 1.88. The molecule has 3 rings (SSSR count). The van der Waals surface area contributed by atoms with Crippen LogP contribution in [0.15, 0.2) is 0 Å². The average molecular weight is 197 g/mol. The predicted octanol–water partition coefficient (Wildman–Crippen LogP) is 2.15. The van der Waals surface area contributed by atoms with E-state index in [1.165, 1.54) is 6.42 Å². The minimum absolute atomic E-state index is 0.0595. The van der Waals surface area contributed by atoms with Crippen LogP contribution in [0.1, 0.15) is 33.6 Å². The van der Waals surface area contributed by atoms with Crippen LogP contribution in [0.5, 0.6) is 0 Å². The Bertz CT molecular complexity index is 262. The van der Waals surface area contributed by atoms with E-state index < -0.39 is 6.09 Å². The van der Waals surface area contributed by atoms with E-state index in [0.717, 1.165) is 6.42 Å². The number of fused-ring (bicyclic) bond motifs is 2. The Morgan fingerprint density at radius 2 is 2.07 bits per heavy atom. The maximum atomic E-state index is 10.7. The van der Waals surface area contributed by atoms with Crippen LogP contribution in [0.4, 0.5) is 4.79 Å². The molecule has 0 radical (unpaired) electrons. The molecule has 0 spiro atoms. The monoisotopic (exact) mass is 197 g/mol. The molecule has 3 saturated carbocycles. The number of carbonyl (C=O) groups excluding carboxylic acids is 1. The van der Waals surface area contributed by atoms with E-state index in [-0.39, 0.29) is 6.10 Å². The van der Waals surface area contributed by atoms with Crippen LogP contribution in [-0.2, 0) is 4.74 Å². The second kappa shape index (κ2) is 2.88. The molecule has 0 aromatic rings. The second-order valence-corrected chi connectivity index (χ2v) is 5.43. The number of amides is 1. The summed E-state index contributed by atoms with van der Waals surface area (Å²) in [5, 5.41) is 0. The molecule has 14 heavy (non-hydrogen) atoms. The summed E-state index contributed by atoms with van der Waals surface area (Å²) in [6.45, 7) is 6.82. The van der Waals surface area contributed by atoms with E-state index in [9.17, 15) is 4.79 Å². The van der Waals surface area contributed by atoms with Crippen molar-refractivity contribution >= 4 is 6.09 Å². The van der Waals surface area contributed by atoms with Crippen molar-refractivity contribution in [2.45, 2.75) is 39.7 Å². The minimum Gasteiger partial charge on any atom is -0.446 e. The SMILES string of the molecule is CC1C(OC(N)=O)CC2CC1C2(C)C. The quantitative estimate of drug-likeness (QED) is 0.700. The third kappa shape index (κ3) is 1.22. The molecule has 3 heteroatoms. The summed E-state index contributed by atoms with van der Waals surface area (Å²) in [5.41, 5.74) is 5.49. The second-order valence-electron chi connectivity index (χ2n) is 5.43. The number of hydrogen-bond acceptors (Lipinski definition) is 2. The van der Waals surface area contributed by atoms with Gasteiger partial charge in [-0.3, -0.25) is 0 Å². The van der Waals surface area contributed by atoms with E-state index in [4.69, 9.17) is 10.5 Å². The van der Waals surface area contributed by atoms with E-state index >= 15 is 0 Å². The summed E-state index contributed by atoms with van der Waals surface area (Å²) in [6, 6.07) is 0. The largest absolute Gasteiger partial charge is 0.446 e. The van der Waals surface area contributed by atoms with E-state index in [1.807, 2.05) is 0 Å². The Labute approximate surface area is 85.0 Å². The summed E-state index contributed by atoms with van der Waals surface area (Å²) >= 11 is 0. The van der Waals surface area contributed by atoms with Gasteiger partial charge in [0.1, 0.15) is 6.10 Å². The van der Waals surface area contributed by atoms with Crippen molar-refractivity contribution < 1.29 is 9.53 Å². The highest BCUT2D eigenvalue weighted by Crippen LogP contribution is 2.61. The Kier molecular flexibility index (Phi) is 2.02. The maximum absolute atomic E-state index is 10.7. The summed E-state index contributed by atoms with van der Waals surface area (Å²) < 4.78 is 5.14. The van der Waals surface area contributed by atoms with Gasteiger partial charge in [0.05, 0.1) is 0 Å². The highest BCUT2D eigenvalue weighted by Gasteiger charge is 2.57. The van der Waals surface area contributed by atoms with Crippen molar-refractivity contribution in [1.82, 2.24) is 0 Å². The number of rotatable bonds is 1. The molecule has 2 N–H and O–H groups in total. The van der Waals surface area contributed by atoms with Gasteiger partial charge in [0.25, 0.3) is 0 Å². The molecule has 4 unspecified atom stereocenters. The molecule has 3 aliphatic rings. The fraction of sp³-hybridized carbons (Fsp3) is 0.909. The molecule has 0 aromatic heterocycles. The normalized spacial score (nSPS) is 43.9. The topological polar surface area (TPSA) is 52.3 Å². The molecule has 0 saturated heterocycles. The first-order valence-electron chi connectivity index (χ1n) is 5.39. The molecule has 80 valence electrons. The molecule has 3 nitrogen and oxygen atoms in total. The predicted molar refractivity (Wildman–Crippen MR) is 53.6 cm³/mol. The first-order valence-corrected chi connectivity index (χ1v) is 5.39. The minimum atomic E-state index is -0.624. The highest BCUT2D eigenvalue weighted by molar-refractivity contribution is 5.64. The fourth-order valence-electron chi connectivity index (χ4n) is 3.41. The van der Waals surface area contributed by atoms with Gasteiger partial charge in [-0.25, -0.2) is 4.79 Å². The lowest BCUT2D eigenvalue weighted by atomic mass is 9.45. The Morgan fingerprint density at radius 1 is 1.43 bits per heavy atom. The number of primary amides is 1. The first kappa shape index (κ1) is 9.81. The average Bonchev–Trinajstić information content (AvgIpc) is 2.06. The lowest BCUT2D eigenvalue weighted by Crippen LogP contribution is -2.57. The zero-order valence-corrected chi connectivity index (χ0v) is 9.12. The van der Waals surface area contributed by atoms with Crippen LogP contribution in [0, 0.1) is 23.2 Å². The van der Waals surface area contributed by atoms with Gasteiger partial charge in [0.2, 0.25) is 0 Å². The summed E-state index contributed by atoms with van der Waals surface area (Å²) in [6.07, 6.45) is 1.73. The fourth-order valence-corrected chi connectivity index (χ4v) is 3.41. The summed E-state index contributed by atoms with van der Waals surface area (Å²) in [4.78, 5) is 10.7. The molecule has 0 heterocycles. The lowest BCUT2D eigenvalue weighted by Gasteiger charge is -2.61. The lowest BCUT2D eigenvalue weighted by molar-refractivity contribution is -0.154. The Hall–Kier alpha value is -0.730. The smallest absolute Gasteiger partial charge is 0.404 e. The van der Waals surface area contributed by atoms with Crippen molar-refractivity contribution in [3.8, 4) is 0 Å². The molecular formula is C11H19NO2. The van der Waals surface area contributed by atoms with Crippen LogP contribution in [0.3, 0.4) is 0 Å². The van der Waals surface area contributed by atoms with Gasteiger partial charge < -0.3 is 10.5 Å². The van der Waals surface area contributed by atoms with Crippen molar-refractivity contribution in [2.24, 2.45) is 28.9 Å². The number of ether oxygens (including phenoxy) is 1. The van der Waals surface area contributed by atoms with Gasteiger partial charge >= 0.3 is 6.09 Å². The van der Waals surface area contributed by atoms with Crippen LogP contribution in [0.2, 0.25) is 0 Å². The molecule has 1 amide bonds. The van der Waals surface area contributed by atoms with Gasteiger partial charge in [-0.05, 0) is 36.0 Å². The van der Waals surface area contributed by atoms with Gasteiger partial charge in [0, 0.05) is 0 Å². The number of hydrogen-bond donors (Lipinski definition) is 1. The van der Waals surface area contributed by atoms with Gasteiger partial charge in [-0.1, -0.05) is 20.8 Å². The van der Waals surface area contributed by atoms with Crippen LogP contribution < -0.4 is 5.73 Å². The zero-order chi connectivity index (χ0) is 10.5. The maximum Gasteiger partial charge on any atom is 0.404 e. The van der Waals surface area contributed by atoms with Crippen LogP contribution in [-0.4, -0.2) is 12.2 Å². The van der Waals surface area contributed by atoms with Gasteiger partial charge in [0.15, 0.2) is 0 Å². The highest BCUT2D eigenvalue weighted by atomic mass is 16.6. The molecule has 3 aliphatic carbocycles. The molecule has 3 fully saturated rings. The van der Waals surface area contributed by atoms with Crippen molar-refractivity contribution in [3.05, 3.63) is 0 Å². The van der Waals surface area contributed by atoms with Crippen LogP contribution >= 0.6 is 0 Å². The molecule has 0 aromatic carbocycles. The van der Waals surface area contributed by atoms with Gasteiger partial charge in [-0.15, -0.1) is 0 Å². The third-order valence-electron chi connectivity index (χ3n) is 4.55. The molecule has 4 atom stereocenters.